The van der Waals surface area contributed by atoms with Crippen LogP contribution in [0, 0.1) is 0 Å². The highest BCUT2D eigenvalue weighted by Crippen LogP contribution is 2.50. The molecule has 12 nitrogen and oxygen atoms in total. The van der Waals surface area contributed by atoms with E-state index in [9.17, 15) is 28.3 Å². The molecule has 0 spiro atoms. The summed E-state index contributed by atoms with van der Waals surface area (Å²) in [7, 11) is -5.35. The molecule has 1 aliphatic heterocycles. The second-order valence-electron chi connectivity index (χ2n) is 7.98. The number of nitrogens with two attached hydrogens (primary N) is 1. The van der Waals surface area contributed by atoms with Gasteiger partial charge in [0.1, 0.15) is 24.1 Å². The zero-order chi connectivity index (χ0) is 23.9. The third-order valence-corrected chi connectivity index (χ3v) is 7.40. The van der Waals surface area contributed by atoms with Gasteiger partial charge in [-0.1, -0.05) is 30.3 Å². The van der Waals surface area contributed by atoms with Crippen molar-refractivity contribution >= 4 is 27.1 Å². The molecule has 0 radical (unpaired) electrons. The molecule has 4 rings (SSSR count). The maximum absolute atomic E-state index is 12.5. The van der Waals surface area contributed by atoms with Crippen molar-refractivity contribution in [1.82, 2.24) is 19.5 Å². The Morgan fingerprint density at radius 3 is 2.55 bits per heavy atom. The number of aromatic nitrogens is 4. The molecule has 1 saturated heterocycles. The van der Waals surface area contributed by atoms with Crippen LogP contribution in [0.3, 0.4) is 0 Å². The molecule has 0 unspecified atom stereocenters. The average Bonchev–Trinajstić information content (AvgIpc) is 3.32. The number of benzene rings is 1. The lowest BCUT2D eigenvalue weighted by atomic mass is 9.94. The van der Waals surface area contributed by atoms with Crippen LogP contribution in [0.4, 0.5) is 5.82 Å². The van der Waals surface area contributed by atoms with E-state index < -0.39 is 39.6 Å². The molecule has 3 aromatic rings. The molecule has 13 heteroatoms. The number of imidazole rings is 1. The number of nitrogens with zero attached hydrogens (tertiary/aromatic N) is 4. The zero-order valence-corrected chi connectivity index (χ0v) is 18.3. The predicted molar refractivity (Wildman–Crippen MR) is 116 cm³/mol. The summed E-state index contributed by atoms with van der Waals surface area (Å²) in [6.07, 6.45) is -0.0222. The molecule has 33 heavy (non-hydrogen) atoms. The van der Waals surface area contributed by atoms with E-state index in [2.05, 4.69) is 15.0 Å². The van der Waals surface area contributed by atoms with E-state index in [1.807, 2.05) is 30.3 Å². The summed E-state index contributed by atoms with van der Waals surface area (Å²) >= 11 is 0. The van der Waals surface area contributed by atoms with Gasteiger partial charge in [-0.05, 0) is 24.8 Å². The van der Waals surface area contributed by atoms with Gasteiger partial charge >= 0.3 is 10.1 Å². The summed E-state index contributed by atoms with van der Waals surface area (Å²) < 4.78 is 42.0. The van der Waals surface area contributed by atoms with Gasteiger partial charge in [-0.3, -0.25) is 9.12 Å². The molecule has 1 aromatic carbocycles. The molecular formula is C20H25N5O7S. The van der Waals surface area contributed by atoms with Gasteiger partial charge in [0.05, 0.1) is 12.9 Å². The van der Waals surface area contributed by atoms with Crippen LogP contribution in [0.15, 0.2) is 43.0 Å². The first-order valence-electron chi connectivity index (χ1n) is 10.3. The van der Waals surface area contributed by atoms with E-state index in [4.69, 9.17) is 10.5 Å². The fraction of sp³-hybridized carbons (Fsp3) is 0.450. The summed E-state index contributed by atoms with van der Waals surface area (Å²) in [5.74, 6) is 0.00521. The van der Waals surface area contributed by atoms with Crippen LogP contribution in [0.5, 0.6) is 0 Å². The summed E-state index contributed by atoms with van der Waals surface area (Å²) in [5.41, 5.74) is 4.78. The number of hydrogen-bond donors (Lipinski definition) is 5. The lowest BCUT2D eigenvalue weighted by molar-refractivity contribution is -0.167. The fourth-order valence-corrected chi connectivity index (χ4v) is 5.53. The second-order valence-corrected chi connectivity index (χ2v) is 9.55. The largest absolute Gasteiger partial charge is 0.394 e. The van der Waals surface area contributed by atoms with Crippen molar-refractivity contribution in [3.05, 3.63) is 48.5 Å². The summed E-state index contributed by atoms with van der Waals surface area (Å²) in [5, 5.41) is 31.8. The van der Waals surface area contributed by atoms with Crippen LogP contribution in [0.2, 0.25) is 0 Å². The van der Waals surface area contributed by atoms with Gasteiger partial charge in [-0.25, -0.2) is 15.0 Å². The van der Waals surface area contributed by atoms with Gasteiger partial charge < -0.3 is 25.8 Å². The summed E-state index contributed by atoms with van der Waals surface area (Å²) in [6, 6.07) is 9.59. The van der Waals surface area contributed by atoms with Crippen LogP contribution in [-0.2, 0) is 27.0 Å². The Kier molecular flexibility index (Phi) is 6.11. The van der Waals surface area contributed by atoms with Gasteiger partial charge in [0, 0.05) is 6.42 Å². The average molecular weight is 480 g/mol. The number of aliphatic hydroxyl groups excluding tert-OH is 2. The third kappa shape index (κ3) is 3.66. The van der Waals surface area contributed by atoms with Crippen molar-refractivity contribution in [2.45, 2.75) is 48.5 Å². The number of hydrogen-bond acceptors (Lipinski definition) is 10. The minimum atomic E-state index is -5.35. The van der Waals surface area contributed by atoms with E-state index in [0.29, 0.717) is 19.3 Å². The Hall–Kier alpha value is -2.68. The van der Waals surface area contributed by atoms with E-state index in [1.165, 1.54) is 0 Å². The van der Waals surface area contributed by atoms with Crippen molar-refractivity contribution in [1.29, 1.82) is 0 Å². The first kappa shape index (κ1) is 23.5. The van der Waals surface area contributed by atoms with Crippen molar-refractivity contribution in [2.24, 2.45) is 0 Å². The van der Waals surface area contributed by atoms with Gasteiger partial charge in [-0.2, -0.15) is 8.42 Å². The number of nitrogen functional groups attached to an aromatic ring is 1. The normalized spacial score (nSPS) is 27.9. The van der Waals surface area contributed by atoms with Gasteiger partial charge in [0.15, 0.2) is 17.2 Å². The Bertz CT molecular complexity index is 1240. The van der Waals surface area contributed by atoms with Crippen LogP contribution >= 0.6 is 0 Å². The Balaban J connectivity index is 1.80. The number of unbranched alkanes of at least 4 members (excludes halogenated alkanes) is 1. The Morgan fingerprint density at radius 2 is 1.88 bits per heavy atom. The molecule has 1 aliphatic rings. The quantitative estimate of drug-likeness (QED) is 0.212. The first-order valence-corrected chi connectivity index (χ1v) is 11.7. The van der Waals surface area contributed by atoms with E-state index in [1.54, 1.807) is 0 Å². The van der Waals surface area contributed by atoms with E-state index >= 15 is 0 Å². The maximum Gasteiger partial charge on any atom is 0.302 e. The van der Waals surface area contributed by atoms with Gasteiger partial charge in [0.25, 0.3) is 4.93 Å². The molecule has 2 aromatic heterocycles. The monoisotopic (exact) mass is 479 g/mol. The minimum Gasteiger partial charge on any atom is -0.394 e. The minimum absolute atomic E-state index is 0.00521. The topological polar surface area (TPSA) is 194 Å². The Morgan fingerprint density at radius 1 is 1.15 bits per heavy atom. The molecule has 6 N–H and O–H groups in total. The van der Waals surface area contributed by atoms with Crippen molar-refractivity contribution in [3.63, 3.8) is 0 Å². The van der Waals surface area contributed by atoms with Crippen molar-refractivity contribution in [3.8, 4) is 0 Å². The van der Waals surface area contributed by atoms with Crippen molar-refractivity contribution in [2.75, 3.05) is 12.3 Å². The van der Waals surface area contributed by atoms with Crippen LogP contribution < -0.4 is 5.73 Å². The maximum atomic E-state index is 12.5. The summed E-state index contributed by atoms with van der Waals surface area (Å²) in [4.78, 5) is 8.81. The Labute approximate surface area is 189 Å². The van der Waals surface area contributed by atoms with Gasteiger partial charge in [-0.15, -0.1) is 0 Å². The van der Waals surface area contributed by atoms with E-state index in [0.717, 1.165) is 22.8 Å². The highest BCUT2D eigenvalue weighted by atomic mass is 32.2. The fourth-order valence-electron chi connectivity index (χ4n) is 4.42. The van der Waals surface area contributed by atoms with Crippen molar-refractivity contribution < 1.29 is 33.0 Å². The third-order valence-electron chi connectivity index (χ3n) is 6.06. The predicted octanol–water partition coefficient (Wildman–Crippen LogP) is -0.197. The lowest BCUT2D eigenvalue weighted by Gasteiger charge is -2.40. The lowest BCUT2D eigenvalue weighted by Crippen LogP contribution is -2.62. The number of fused-ring (bicyclic) bond motifs is 1. The smallest absolute Gasteiger partial charge is 0.302 e. The molecule has 0 amide bonds. The second kappa shape index (κ2) is 8.59. The number of aryl methyl sites for hydroxylation is 1. The number of ether oxygens (including phenoxy) is 1. The van der Waals surface area contributed by atoms with Crippen LogP contribution in [0.1, 0.15) is 24.8 Å². The molecule has 0 bridgehead atoms. The molecule has 0 saturated carbocycles. The molecule has 4 atom stereocenters. The molecule has 1 fully saturated rings. The zero-order valence-electron chi connectivity index (χ0n) is 17.5. The number of rotatable bonds is 8. The van der Waals surface area contributed by atoms with Crippen LogP contribution in [-0.4, -0.2) is 71.6 Å². The molecule has 178 valence electrons. The highest BCUT2D eigenvalue weighted by Gasteiger charge is 2.73. The number of aliphatic hydroxyl groups is 3. The summed E-state index contributed by atoms with van der Waals surface area (Å²) in [6.45, 7) is -0.811. The first-order chi connectivity index (χ1) is 15.7. The van der Waals surface area contributed by atoms with E-state index in [-0.39, 0.29) is 23.4 Å². The standard InChI is InChI=1S/C20H25N5O7S/c21-17-15-18(23-11-22-17)25(12-24-15)19(9-5-4-8-13-6-2-1-3-7-13)20(28,33(29,30)31)16(27)14(10-26)32-19/h1-3,6-7,11-12,14,16,26-28H,4-5,8-10H2,(H2,21,22,23)(H,29,30,31)/t14-,16-,19-,20+/m1/s1. The molecular weight excluding hydrogens is 454 g/mol. The SMILES string of the molecule is Nc1ncnc2c1ncn2[C@]1(CCCCc2ccccc2)O[C@H](CO)[C@@H](O)[C@]1(O)S(=O)(=O)O. The molecule has 3 heterocycles. The molecule has 0 aliphatic carbocycles. The number of anilines is 1. The van der Waals surface area contributed by atoms with Crippen LogP contribution in [0.25, 0.3) is 11.2 Å². The van der Waals surface area contributed by atoms with Gasteiger partial charge in [0.2, 0.25) is 0 Å². The highest BCUT2D eigenvalue weighted by molar-refractivity contribution is 7.87.